The van der Waals surface area contributed by atoms with Crippen molar-refractivity contribution in [3.05, 3.63) is 29.2 Å². The van der Waals surface area contributed by atoms with Gasteiger partial charge in [0, 0.05) is 63.6 Å². The summed E-state index contributed by atoms with van der Waals surface area (Å²) in [5.41, 5.74) is 4.32. The largest absolute Gasteiger partial charge is 0.385 e. The summed E-state index contributed by atoms with van der Waals surface area (Å²) in [6.45, 7) is 10.5. The number of rotatable bonds is 11. The Morgan fingerprint density at radius 3 is 2.71 bits per heavy atom. The summed E-state index contributed by atoms with van der Waals surface area (Å²) in [5, 5.41) is 4.47. The van der Waals surface area contributed by atoms with Crippen molar-refractivity contribution < 1.29 is 19.0 Å². The Morgan fingerprint density at radius 2 is 2.09 bits per heavy atom. The molecule has 8 nitrogen and oxygen atoms in total. The van der Waals surface area contributed by atoms with Crippen LogP contribution in [0.25, 0.3) is 10.9 Å². The van der Waals surface area contributed by atoms with Crippen LogP contribution in [0.5, 0.6) is 0 Å². The molecule has 0 bridgehead atoms. The Morgan fingerprint density at radius 1 is 1.29 bits per heavy atom. The number of fused-ring (bicyclic) bond motifs is 1. The third-order valence-electron chi connectivity index (χ3n) is 6.83. The van der Waals surface area contributed by atoms with Crippen LogP contribution in [0.3, 0.4) is 0 Å². The highest BCUT2D eigenvalue weighted by Crippen LogP contribution is 2.37. The Kier molecular flexibility index (Phi) is 8.24. The van der Waals surface area contributed by atoms with Crippen LogP contribution in [0.2, 0.25) is 0 Å². The molecule has 0 unspecified atom stereocenters. The number of nitrogens with one attached hydrogen (secondary N) is 1. The summed E-state index contributed by atoms with van der Waals surface area (Å²) < 4.78 is 18.9. The van der Waals surface area contributed by atoms with Crippen molar-refractivity contribution >= 4 is 16.8 Å². The van der Waals surface area contributed by atoms with Crippen LogP contribution in [-0.4, -0.2) is 73.0 Å². The van der Waals surface area contributed by atoms with Crippen molar-refractivity contribution in [2.75, 3.05) is 40.5 Å². The molecule has 188 valence electrons. The normalized spacial score (nSPS) is 19.6. The monoisotopic (exact) mass is 472 g/mol. The predicted octanol–water partition coefficient (Wildman–Crippen LogP) is 3.38. The quantitative estimate of drug-likeness (QED) is 0.505. The lowest BCUT2D eigenvalue weighted by Gasteiger charge is -2.34. The molecule has 3 heterocycles. The molecule has 2 fully saturated rings. The molecule has 2 atom stereocenters. The minimum absolute atomic E-state index is 0.0748. The zero-order valence-electron chi connectivity index (χ0n) is 21.3. The van der Waals surface area contributed by atoms with Crippen molar-refractivity contribution in [2.45, 2.75) is 77.3 Å². The van der Waals surface area contributed by atoms with E-state index in [9.17, 15) is 4.79 Å². The third kappa shape index (κ3) is 5.30. The molecule has 1 amide bonds. The van der Waals surface area contributed by atoms with Gasteiger partial charge in [-0.05, 0) is 38.2 Å². The molecule has 0 spiro atoms. The molecule has 1 aliphatic carbocycles. The minimum Gasteiger partial charge on any atom is -0.385 e. The highest BCUT2D eigenvalue weighted by molar-refractivity contribution is 5.87. The summed E-state index contributed by atoms with van der Waals surface area (Å²) in [4.78, 5) is 20.7. The van der Waals surface area contributed by atoms with Gasteiger partial charge < -0.3 is 29.0 Å². The molecule has 0 aromatic carbocycles. The van der Waals surface area contributed by atoms with Gasteiger partial charge in [0.2, 0.25) is 0 Å². The molecule has 1 saturated heterocycles. The molecule has 2 aliphatic rings. The van der Waals surface area contributed by atoms with E-state index in [1.165, 1.54) is 5.39 Å². The fourth-order valence-corrected chi connectivity index (χ4v) is 4.98. The van der Waals surface area contributed by atoms with Gasteiger partial charge in [0.15, 0.2) is 0 Å². The first-order valence-corrected chi connectivity index (χ1v) is 12.6. The van der Waals surface area contributed by atoms with Crippen LogP contribution in [0.1, 0.15) is 68.9 Å². The number of hydrogen-bond acceptors (Lipinski definition) is 6. The number of amides is 1. The minimum atomic E-state index is -0.420. The van der Waals surface area contributed by atoms with Crippen LogP contribution in [0.4, 0.5) is 0 Å². The van der Waals surface area contributed by atoms with E-state index < -0.39 is 6.10 Å². The van der Waals surface area contributed by atoms with Gasteiger partial charge in [-0.2, -0.15) is 0 Å². The predicted molar refractivity (Wildman–Crippen MR) is 132 cm³/mol. The van der Waals surface area contributed by atoms with Gasteiger partial charge in [-0.1, -0.05) is 13.8 Å². The maximum absolute atomic E-state index is 13.5. The standard InChI is InChI=1S/C26H40N4O4/c1-17(2)25-24-19(16-33-5)15-29(10-6-11-32-4)22(24)13-21(28-25)18(3)30(20-7-8-20)26(31)23-14-27-9-12-34-23/h13,15,17-18,20,23,27H,6-12,14,16H2,1-5H3/t18-,23-/m1/s1. The fourth-order valence-electron chi connectivity index (χ4n) is 4.98. The summed E-state index contributed by atoms with van der Waals surface area (Å²) in [6, 6.07) is 2.33. The van der Waals surface area contributed by atoms with Crippen LogP contribution in [0.15, 0.2) is 12.3 Å². The number of carbonyl (C=O) groups excluding carboxylic acids is 1. The van der Waals surface area contributed by atoms with E-state index in [1.807, 2.05) is 4.90 Å². The van der Waals surface area contributed by atoms with E-state index >= 15 is 0 Å². The lowest BCUT2D eigenvalue weighted by atomic mass is 10.0. The molecule has 1 aliphatic heterocycles. The van der Waals surface area contributed by atoms with Gasteiger partial charge >= 0.3 is 0 Å². The number of nitrogens with zero attached hydrogens (tertiary/aromatic N) is 3. The zero-order valence-corrected chi connectivity index (χ0v) is 21.3. The number of methoxy groups -OCH3 is 2. The topological polar surface area (TPSA) is 77.9 Å². The first-order chi connectivity index (χ1) is 16.5. The third-order valence-corrected chi connectivity index (χ3v) is 6.83. The van der Waals surface area contributed by atoms with Crippen LogP contribution in [0, 0.1) is 0 Å². The number of ether oxygens (including phenoxy) is 3. The number of morpholine rings is 1. The summed E-state index contributed by atoms with van der Waals surface area (Å²) in [5.74, 6) is 0.321. The number of carbonyl (C=O) groups is 1. The molecule has 1 saturated carbocycles. The highest BCUT2D eigenvalue weighted by Gasteiger charge is 2.40. The van der Waals surface area contributed by atoms with Gasteiger partial charge in [-0.3, -0.25) is 9.78 Å². The Bertz CT molecular complexity index is 979. The molecule has 4 rings (SSSR count). The summed E-state index contributed by atoms with van der Waals surface area (Å²) >= 11 is 0. The maximum Gasteiger partial charge on any atom is 0.253 e. The molecule has 2 aromatic rings. The number of hydrogen-bond donors (Lipinski definition) is 1. The van der Waals surface area contributed by atoms with Crippen molar-refractivity contribution in [3.8, 4) is 0 Å². The number of aryl methyl sites for hydroxylation is 1. The second-order valence-electron chi connectivity index (χ2n) is 9.82. The molecule has 8 heteroatoms. The second kappa shape index (κ2) is 11.2. The highest BCUT2D eigenvalue weighted by atomic mass is 16.5. The van der Waals surface area contributed by atoms with Crippen molar-refractivity contribution in [1.82, 2.24) is 19.8 Å². The summed E-state index contributed by atoms with van der Waals surface area (Å²) in [7, 11) is 3.47. The van der Waals surface area contributed by atoms with E-state index in [0.717, 1.165) is 54.8 Å². The number of aromatic nitrogens is 2. The van der Waals surface area contributed by atoms with E-state index in [1.54, 1.807) is 14.2 Å². The van der Waals surface area contributed by atoms with Gasteiger partial charge in [-0.15, -0.1) is 0 Å². The Hall–Kier alpha value is -2.00. The van der Waals surface area contributed by atoms with Gasteiger partial charge in [0.05, 0.1) is 36.2 Å². The lowest BCUT2D eigenvalue weighted by Crippen LogP contribution is -2.50. The van der Waals surface area contributed by atoms with E-state index in [4.69, 9.17) is 19.2 Å². The SMILES string of the molecule is COCCCn1cc(COC)c2c(C(C)C)nc([C@@H](C)N(C(=O)[C@H]3CNCCO3)C3CC3)cc21. The first kappa shape index (κ1) is 25.1. The van der Waals surface area contributed by atoms with Crippen molar-refractivity contribution in [1.29, 1.82) is 0 Å². The average molecular weight is 473 g/mol. The molecule has 34 heavy (non-hydrogen) atoms. The van der Waals surface area contributed by atoms with Gasteiger partial charge in [0.1, 0.15) is 6.10 Å². The van der Waals surface area contributed by atoms with Gasteiger partial charge in [-0.25, -0.2) is 0 Å². The zero-order chi connectivity index (χ0) is 24.2. The smallest absolute Gasteiger partial charge is 0.253 e. The van der Waals surface area contributed by atoms with E-state index in [-0.39, 0.29) is 23.9 Å². The van der Waals surface area contributed by atoms with E-state index in [2.05, 4.69) is 42.9 Å². The fraction of sp³-hybridized carbons (Fsp3) is 0.692. The average Bonchev–Trinajstić information content (AvgIpc) is 3.62. The number of pyridine rings is 1. The molecule has 2 aromatic heterocycles. The Labute approximate surface area is 202 Å². The van der Waals surface area contributed by atoms with E-state index in [0.29, 0.717) is 26.4 Å². The Balaban J connectivity index is 1.74. The van der Waals surface area contributed by atoms with Crippen molar-refractivity contribution in [2.24, 2.45) is 0 Å². The van der Waals surface area contributed by atoms with Gasteiger partial charge in [0.25, 0.3) is 5.91 Å². The van der Waals surface area contributed by atoms with Crippen LogP contribution >= 0.6 is 0 Å². The maximum atomic E-state index is 13.5. The lowest BCUT2D eigenvalue weighted by molar-refractivity contribution is -0.148. The van der Waals surface area contributed by atoms with Crippen LogP contribution in [-0.2, 0) is 32.2 Å². The van der Waals surface area contributed by atoms with Crippen molar-refractivity contribution in [3.63, 3.8) is 0 Å². The molecular weight excluding hydrogens is 432 g/mol. The van der Waals surface area contributed by atoms with Crippen LogP contribution < -0.4 is 5.32 Å². The first-order valence-electron chi connectivity index (χ1n) is 12.6. The summed E-state index contributed by atoms with van der Waals surface area (Å²) in [6.07, 6.45) is 4.78. The molecular formula is C26H40N4O4. The molecule has 1 N–H and O–H groups in total. The second-order valence-corrected chi connectivity index (χ2v) is 9.82. The molecule has 0 radical (unpaired) electrons.